The SMILES string of the molecule is CCCCCc1cc(CCCCOCCCCCCNC[C@@H](O)c2ccc(O)c(CO)c2)cc(S(=O)(=O)NOC(C)=O)c1. The molecule has 0 heterocycles. The summed E-state index contributed by atoms with van der Waals surface area (Å²) in [7, 11) is -3.95. The minimum atomic E-state index is -3.95. The van der Waals surface area contributed by atoms with E-state index in [2.05, 4.69) is 23.1 Å². The van der Waals surface area contributed by atoms with E-state index in [4.69, 9.17) is 4.74 Å². The van der Waals surface area contributed by atoms with Crippen LogP contribution in [-0.2, 0) is 43.8 Å². The minimum Gasteiger partial charge on any atom is -0.508 e. The molecule has 0 fully saturated rings. The zero-order chi connectivity index (χ0) is 31.5. The third-order valence-corrected chi connectivity index (χ3v) is 8.25. The summed E-state index contributed by atoms with van der Waals surface area (Å²) in [5, 5.41) is 32.5. The molecule has 0 aliphatic carbocycles. The largest absolute Gasteiger partial charge is 0.508 e. The highest BCUT2D eigenvalue weighted by Crippen LogP contribution is 2.22. The second kappa shape index (κ2) is 20.4. The molecule has 43 heavy (non-hydrogen) atoms. The maximum absolute atomic E-state index is 12.6. The quantitative estimate of drug-likeness (QED) is 0.0884. The number of carbonyl (C=O) groups is 1. The Hall–Kier alpha value is -2.54. The molecule has 0 saturated carbocycles. The molecule has 0 saturated heterocycles. The van der Waals surface area contributed by atoms with Crippen molar-refractivity contribution in [1.29, 1.82) is 0 Å². The number of aliphatic hydroxyl groups excluding tert-OH is 2. The normalized spacial score (nSPS) is 12.4. The first-order valence-electron chi connectivity index (χ1n) is 15.4. The predicted octanol–water partition coefficient (Wildman–Crippen LogP) is 4.60. The van der Waals surface area contributed by atoms with Gasteiger partial charge >= 0.3 is 5.97 Å². The zero-order valence-electron chi connectivity index (χ0n) is 25.6. The van der Waals surface area contributed by atoms with E-state index in [1.807, 2.05) is 4.89 Å². The van der Waals surface area contributed by atoms with Crippen molar-refractivity contribution in [3.8, 4) is 5.75 Å². The molecule has 11 heteroatoms. The Morgan fingerprint density at radius 3 is 2.21 bits per heavy atom. The minimum absolute atomic E-state index is 0.0238. The molecule has 0 amide bonds. The summed E-state index contributed by atoms with van der Waals surface area (Å²) in [6.07, 6.45) is 9.82. The average molecular weight is 623 g/mol. The molecule has 2 aromatic carbocycles. The Bertz CT molecular complexity index is 1210. The summed E-state index contributed by atoms with van der Waals surface area (Å²) in [6, 6.07) is 10.1. The number of sulfonamides is 1. The Labute approximate surface area is 256 Å². The Morgan fingerprint density at radius 1 is 0.907 bits per heavy atom. The van der Waals surface area contributed by atoms with Crippen LogP contribution in [0.3, 0.4) is 0 Å². The Balaban J connectivity index is 1.60. The van der Waals surface area contributed by atoms with Crippen LogP contribution < -0.4 is 10.2 Å². The van der Waals surface area contributed by atoms with Crippen molar-refractivity contribution >= 4 is 16.0 Å². The van der Waals surface area contributed by atoms with Crippen molar-refractivity contribution in [2.45, 2.75) is 102 Å². The monoisotopic (exact) mass is 622 g/mol. The molecule has 0 unspecified atom stereocenters. The van der Waals surface area contributed by atoms with Gasteiger partial charge in [-0.1, -0.05) is 44.7 Å². The summed E-state index contributed by atoms with van der Waals surface area (Å²) in [5.74, 6) is -0.700. The van der Waals surface area contributed by atoms with Gasteiger partial charge in [0.25, 0.3) is 10.0 Å². The lowest BCUT2D eigenvalue weighted by molar-refractivity contribution is -0.144. The number of phenols is 1. The van der Waals surface area contributed by atoms with Gasteiger partial charge < -0.3 is 30.2 Å². The second-order valence-electron chi connectivity index (χ2n) is 10.9. The summed E-state index contributed by atoms with van der Waals surface area (Å²) >= 11 is 0. The van der Waals surface area contributed by atoms with E-state index in [1.54, 1.807) is 24.3 Å². The van der Waals surface area contributed by atoms with E-state index < -0.39 is 22.1 Å². The number of rotatable bonds is 23. The molecule has 0 bridgehead atoms. The van der Waals surface area contributed by atoms with Crippen molar-refractivity contribution in [2.24, 2.45) is 0 Å². The summed E-state index contributed by atoms with van der Waals surface area (Å²) in [4.78, 5) is 17.6. The fraction of sp³-hybridized carbons (Fsp3) is 0.594. The fourth-order valence-electron chi connectivity index (χ4n) is 4.65. The molecule has 2 rings (SSSR count). The molecule has 1 atom stereocenters. The van der Waals surface area contributed by atoms with E-state index in [0.717, 1.165) is 95.2 Å². The second-order valence-corrected chi connectivity index (χ2v) is 12.5. The van der Waals surface area contributed by atoms with E-state index in [0.29, 0.717) is 30.9 Å². The molecule has 242 valence electrons. The maximum Gasteiger partial charge on any atom is 0.323 e. The van der Waals surface area contributed by atoms with Gasteiger partial charge in [-0.25, -0.2) is 8.42 Å². The van der Waals surface area contributed by atoms with Crippen molar-refractivity contribution in [3.05, 3.63) is 58.7 Å². The topological polar surface area (TPSA) is 154 Å². The van der Waals surface area contributed by atoms with Crippen LogP contribution in [0.25, 0.3) is 0 Å². The summed E-state index contributed by atoms with van der Waals surface area (Å²) < 4.78 is 31.0. The molecule has 0 aliphatic heterocycles. The molecular formula is C32H50N2O8S. The lowest BCUT2D eigenvalue weighted by Gasteiger charge is -2.14. The fourth-order valence-corrected chi connectivity index (χ4v) is 5.59. The van der Waals surface area contributed by atoms with Gasteiger partial charge in [-0.05, 0) is 97.3 Å². The molecule has 0 spiro atoms. The first-order valence-corrected chi connectivity index (χ1v) is 16.9. The third-order valence-electron chi connectivity index (χ3n) is 7.09. The maximum atomic E-state index is 12.6. The van der Waals surface area contributed by atoms with Crippen LogP contribution in [0.1, 0.15) is 100.0 Å². The number of aryl methyl sites for hydroxylation is 2. The van der Waals surface area contributed by atoms with Crippen LogP contribution >= 0.6 is 0 Å². The first-order chi connectivity index (χ1) is 20.7. The van der Waals surface area contributed by atoms with Gasteiger partial charge in [0.2, 0.25) is 0 Å². The van der Waals surface area contributed by atoms with Crippen molar-refractivity contribution in [2.75, 3.05) is 26.3 Å². The number of hydrogen-bond donors (Lipinski definition) is 5. The number of benzene rings is 2. The zero-order valence-corrected chi connectivity index (χ0v) is 26.5. The Kier molecular flexibility index (Phi) is 17.4. The molecular weight excluding hydrogens is 572 g/mol. The number of nitrogens with one attached hydrogen (secondary N) is 2. The summed E-state index contributed by atoms with van der Waals surface area (Å²) in [5.41, 5.74) is 2.97. The highest BCUT2D eigenvalue weighted by molar-refractivity contribution is 7.89. The van der Waals surface area contributed by atoms with Gasteiger partial charge in [-0.2, -0.15) is 0 Å². The molecule has 0 aliphatic rings. The highest BCUT2D eigenvalue weighted by atomic mass is 32.2. The van der Waals surface area contributed by atoms with Gasteiger partial charge in [0.05, 0.1) is 17.6 Å². The number of aliphatic hydroxyl groups is 2. The third kappa shape index (κ3) is 14.7. The summed E-state index contributed by atoms with van der Waals surface area (Å²) in [6.45, 7) is 5.56. The van der Waals surface area contributed by atoms with Gasteiger partial charge in [0.1, 0.15) is 5.75 Å². The molecule has 10 nitrogen and oxygen atoms in total. The molecule has 5 N–H and O–H groups in total. The van der Waals surface area contributed by atoms with Crippen LogP contribution in [0, 0.1) is 0 Å². The highest BCUT2D eigenvalue weighted by Gasteiger charge is 2.18. The van der Waals surface area contributed by atoms with Gasteiger partial charge in [-0.15, -0.1) is 0 Å². The van der Waals surface area contributed by atoms with Crippen molar-refractivity contribution < 1.29 is 38.1 Å². The van der Waals surface area contributed by atoms with Gasteiger partial charge in [0.15, 0.2) is 0 Å². The Morgan fingerprint density at radius 2 is 1.56 bits per heavy atom. The molecule has 0 aromatic heterocycles. The van der Waals surface area contributed by atoms with Crippen LogP contribution in [0.4, 0.5) is 0 Å². The predicted molar refractivity (Wildman–Crippen MR) is 166 cm³/mol. The lowest BCUT2D eigenvalue weighted by Crippen LogP contribution is -2.26. The van der Waals surface area contributed by atoms with E-state index in [-0.39, 0.29) is 17.3 Å². The number of aromatic hydroxyl groups is 1. The van der Waals surface area contributed by atoms with Crippen LogP contribution in [0.2, 0.25) is 0 Å². The van der Waals surface area contributed by atoms with Crippen molar-refractivity contribution in [3.63, 3.8) is 0 Å². The van der Waals surface area contributed by atoms with Crippen LogP contribution in [0.5, 0.6) is 5.75 Å². The van der Waals surface area contributed by atoms with Crippen LogP contribution in [0.15, 0.2) is 41.3 Å². The molecule has 2 aromatic rings. The van der Waals surface area contributed by atoms with Crippen LogP contribution in [-0.4, -0.2) is 56.0 Å². The van der Waals surface area contributed by atoms with E-state index in [9.17, 15) is 28.5 Å². The lowest BCUT2D eigenvalue weighted by atomic mass is 10.0. The number of hydrogen-bond acceptors (Lipinski definition) is 9. The first kappa shape index (κ1) is 36.7. The van der Waals surface area contributed by atoms with Crippen molar-refractivity contribution in [1.82, 2.24) is 10.2 Å². The number of ether oxygens (including phenoxy) is 1. The smallest absolute Gasteiger partial charge is 0.323 e. The number of carbonyl (C=O) groups excluding carboxylic acids is 1. The molecule has 0 radical (unpaired) electrons. The van der Waals surface area contributed by atoms with Gasteiger partial charge in [-0.3, -0.25) is 4.79 Å². The van der Waals surface area contributed by atoms with E-state index >= 15 is 0 Å². The standard InChI is InChI=1S/C32H50N2O8S/c1-3-4-7-12-26-19-27(21-30(20-26)43(39,40)34-42-25(2)36)13-8-11-18-41-17-10-6-5-9-16-33-23-32(38)28-14-15-31(37)29(22-28)24-35/h14-15,19-22,32-35,37-38H,3-13,16-18,23-24H2,1-2H3/t32-/m1/s1. The van der Waals surface area contributed by atoms with Gasteiger partial charge in [0, 0.05) is 32.2 Å². The average Bonchev–Trinajstić information content (AvgIpc) is 2.98. The van der Waals surface area contributed by atoms with E-state index in [1.165, 1.54) is 6.07 Å². The number of unbranched alkanes of at least 4 members (excludes halogenated alkanes) is 6.